The van der Waals surface area contributed by atoms with E-state index in [0.29, 0.717) is 126 Å². The Hall–Kier alpha value is -11.1. The SMILES string of the molecule is C.C.CCOC(C)(OCC)OCC.Cc1nc2ncc(Cl)cc2n1-c1cncc(Nc2ccc(C(F)(F)F)cc2)n1.FC(F)(F)c1ccc(Nc2cncc(Cl)n2)cc1.N#Cc1cc(Cl)nc(Cl)c1.Nc1cc(Cl)cnc1N.Nc1ccc(C(F)(F)F)cc1.Nc1ncc(Cl)cc1Nc1cncc(Nc2ccc(C(F)(F)F)cc2)n1. The number of imidazole rings is 1. The van der Waals surface area contributed by atoms with Crippen LogP contribution in [0, 0.1) is 18.3 Å². The summed E-state index contributed by atoms with van der Waals surface area (Å²) in [5.41, 5.74) is 23.0. The third-order valence-corrected chi connectivity index (χ3v) is 14.8. The molecule has 0 aliphatic rings. The molecule has 0 radical (unpaired) electrons. The third kappa shape index (κ3) is 32.3. The van der Waals surface area contributed by atoms with E-state index < -0.39 is 52.9 Å². The van der Waals surface area contributed by atoms with Gasteiger partial charge in [-0.2, -0.15) is 57.9 Å². The van der Waals surface area contributed by atoms with Crippen molar-refractivity contribution in [2.24, 2.45) is 0 Å². The number of hydrogen-bond acceptors (Lipinski definition) is 23. The molecule has 8 aromatic heterocycles. The molecule has 0 unspecified atom stereocenters. The van der Waals surface area contributed by atoms with Gasteiger partial charge in [0.25, 0.3) is 5.97 Å². The van der Waals surface area contributed by atoms with Gasteiger partial charge in [-0.25, -0.2) is 39.9 Å². The molecule has 612 valence electrons. The van der Waals surface area contributed by atoms with E-state index in [2.05, 4.69) is 76.1 Å². The van der Waals surface area contributed by atoms with E-state index in [1.807, 2.05) is 26.8 Å². The van der Waals surface area contributed by atoms with E-state index in [1.54, 1.807) is 42.8 Å². The van der Waals surface area contributed by atoms with Gasteiger partial charge in [0, 0.05) is 68.1 Å². The normalized spacial score (nSPS) is 10.9. The number of nitrogens with two attached hydrogens (primary N) is 4. The molecule has 0 aliphatic heterocycles. The minimum atomic E-state index is -4.38. The van der Waals surface area contributed by atoms with Crippen LogP contribution < -0.4 is 44.2 Å². The molecule has 24 nitrogen and oxygen atoms in total. The fourth-order valence-electron chi connectivity index (χ4n) is 8.69. The molecule has 8 heterocycles. The lowest BCUT2D eigenvalue weighted by atomic mass is 10.2. The smallest absolute Gasteiger partial charge is 0.399 e. The van der Waals surface area contributed by atoms with Gasteiger partial charge >= 0.3 is 24.7 Å². The molecule has 0 aliphatic carbocycles. The number of nitrogen functional groups attached to an aromatic ring is 4. The first-order chi connectivity index (χ1) is 53.2. The Morgan fingerprint density at radius 1 is 0.426 bits per heavy atom. The van der Waals surface area contributed by atoms with Crippen molar-refractivity contribution in [2.75, 3.05) is 64.0 Å². The number of fused-ring (bicyclic) bond motifs is 1. The highest BCUT2D eigenvalue weighted by Gasteiger charge is 2.33. The lowest BCUT2D eigenvalue weighted by molar-refractivity contribution is -0.365. The third-order valence-electron chi connectivity index (χ3n) is 13.6. The summed E-state index contributed by atoms with van der Waals surface area (Å²) in [7, 11) is 0. The van der Waals surface area contributed by atoms with Gasteiger partial charge in [-0.05, 0) is 155 Å². The van der Waals surface area contributed by atoms with Crippen LogP contribution in [0.15, 0.2) is 183 Å². The van der Waals surface area contributed by atoms with E-state index in [9.17, 15) is 52.7 Å². The zero-order chi connectivity index (χ0) is 83.4. The Kier molecular flexibility index (Phi) is 37.2. The van der Waals surface area contributed by atoms with E-state index in [-0.39, 0.29) is 36.1 Å². The summed E-state index contributed by atoms with van der Waals surface area (Å²) in [6.07, 6.45) is -4.31. The van der Waals surface area contributed by atoms with Crippen LogP contribution in [0.5, 0.6) is 0 Å². The highest BCUT2D eigenvalue weighted by molar-refractivity contribution is 6.33. The molecule has 0 spiro atoms. The van der Waals surface area contributed by atoms with Gasteiger partial charge < -0.3 is 58.4 Å². The lowest BCUT2D eigenvalue weighted by Crippen LogP contribution is -2.35. The molecule has 0 saturated heterocycles. The molecule has 12 N–H and O–H groups in total. The standard InChI is InChI=1S/C18H12ClF3N6.C16H12ClF3N6.C11H7ClF3N3.C8H18O3.C7H6F3N.C6H2Cl2N2.C5H6ClN3.2CH4/c1-10-25-17-14(6-12(19)7-24-17)28(10)16-9-23-8-15(27-16)26-13-4-2-11(3-5-13)18(20,21)22;17-10-5-12(15(21)23-6-10)25-14-8-22-7-13(26-14)24-11-3-1-9(2-4-11)16(18,19)20;12-9-5-16-6-10(18-9)17-8-3-1-7(2-4-8)11(13,14)15;1-5-9-8(4,10-6-2)11-7-3;8-7(9,10)5-1-3-6(11)4-2-5;7-5-1-4(3-9)2-6(8)10-5;6-3-1-4(7)5(8)9-2-3;;/h2-9H,1H3,(H,26,27);1-8H,(H2,21,23)(H2,24,25,26);1-6H,(H,17,18);5-7H2,1-4H3;1-4H,11H2;1-2H;1-2H,7H2,(H2,8,9);2*1H4. The Bertz CT molecular complexity index is 5040. The average molecular weight is 1730 g/mol. The Labute approximate surface area is 681 Å². The molecule has 0 fully saturated rings. The van der Waals surface area contributed by atoms with Crippen molar-refractivity contribution < 1.29 is 66.9 Å². The van der Waals surface area contributed by atoms with Gasteiger partial charge in [0.15, 0.2) is 34.7 Å². The molecule has 12 aromatic rings. The lowest BCUT2D eigenvalue weighted by Gasteiger charge is -2.27. The molecule has 12 rings (SSSR count). The summed E-state index contributed by atoms with van der Waals surface area (Å²) in [6.45, 7) is 11.1. The topological polar surface area (TPSA) is 350 Å². The fourth-order valence-corrected chi connectivity index (χ4v) is 9.77. The van der Waals surface area contributed by atoms with Crippen molar-refractivity contribution in [3.63, 3.8) is 0 Å². The maximum absolute atomic E-state index is 12.7. The van der Waals surface area contributed by atoms with Gasteiger partial charge in [-0.15, -0.1) is 0 Å². The van der Waals surface area contributed by atoms with Crippen molar-refractivity contribution >= 4 is 150 Å². The highest BCUT2D eigenvalue weighted by atomic mass is 35.5. The van der Waals surface area contributed by atoms with E-state index in [1.165, 1.54) is 110 Å². The fraction of sp³-hybridized carbons (Fsp3) is 0.205. The summed E-state index contributed by atoms with van der Waals surface area (Å²) in [5, 5.41) is 22.0. The van der Waals surface area contributed by atoms with Crippen LogP contribution in [0.3, 0.4) is 0 Å². The number of rotatable bonds is 15. The zero-order valence-corrected chi connectivity index (χ0v) is 63.6. The summed E-state index contributed by atoms with van der Waals surface area (Å²) >= 11 is 34.0. The second-order valence-corrected chi connectivity index (χ2v) is 24.6. The van der Waals surface area contributed by atoms with Gasteiger partial charge in [-0.1, -0.05) is 84.5 Å². The number of nitriles is 1. The predicted molar refractivity (Wildman–Crippen MR) is 424 cm³/mol. The number of nitrogens with one attached hydrogen (secondary N) is 4. The van der Waals surface area contributed by atoms with Crippen molar-refractivity contribution in [3.8, 4) is 11.9 Å². The first-order valence-electron chi connectivity index (χ1n) is 32.1. The number of anilines is 12. The molecular formula is C73H71Cl6F12N21O3. The van der Waals surface area contributed by atoms with Crippen molar-refractivity contribution in [1.29, 1.82) is 5.26 Å². The van der Waals surface area contributed by atoms with Crippen LogP contribution in [0.25, 0.3) is 17.0 Å². The second-order valence-electron chi connectivity index (χ2n) is 22.1. The second kappa shape index (κ2) is 44.5. The maximum atomic E-state index is 12.7. The van der Waals surface area contributed by atoms with Crippen LogP contribution in [0.1, 0.15) is 76.2 Å². The molecule has 42 heteroatoms. The summed E-state index contributed by atoms with van der Waals surface area (Å²) in [6, 6.07) is 27.9. The minimum absolute atomic E-state index is 0. The number of hydrogen-bond donors (Lipinski definition) is 8. The van der Waals surface area contributed by atoms with E-state index >= 15 is 0 Å². The van der Waals surface area contributed by atoms with Crippen LogP contribution in [-0.4, -0.2) is 85.2 Å². The number of ether oxygens (including phenoxy) is 3. The first kappa shape index (κ1) is 96.2. The van der Waals surface area contributed by atoms with Crippen molar-refractivity contribution in [3.05, 3.63) is 247 Å². The molecule has 0 saturated carbocycles. The maximum Gasteiger partial charge on any atom is 0.416 e. The van der Waals surface area contributed by atoms with Crippen molar-refractivity contribution in [2.45, 2.75) is 80.2 Å². The van der Waals surface area contributed by atoms with Crippen LogP contribution in [0.2, 0.25) is 30.5 Å². The van der Waals surface area contributed by atoms with Crippen LogP contribution in [-0.2, 0) is 38.9 Å². The van der Waals surface area contributed by atoms with E-state index in [4.69, 9.17) is 112 Å². The largest absolute Gasteiger partial charge is 0.416 e. The van der Waals surface area contributed by atoms with Gasteiger partial charge in [0.05, 0.1) is 103 Å². The Balaban J connectivity index is 0.000000295. The molecule has 115 heavy (non-hydrogen) atoms. The number of halogens is 18. The molecule has 0 atom stereocenters. The monoisotopic (exact) mass is 1730 g/mol. The van der Waals surface area contributed by atoms with E-state index in [0.717, 1.165) is 48.5 Å². The van der Waals surface area contributed by atoms with Gasteiger partial charge in [0.1, 0.15) is 32.9 Å². The predicted octanol–water partition coefficient (Wildman–Crippen LogP) is 21.9. The molecule has 4 aromatic carbocycles. The number of pyridine rings is 4. The van der Waals surface area contributed by atoms with Crippen molar-refractivity contribution in [1.82, 2.24) is 59.4 Å². The average Bonchev–Trinajstić information content (AvgIpc) is 1.64. The highest BCUT2D eigenvalue weighted by Crippen LogP contribution is 2.35. The summed E-state index contributed by atoms with van der Waals surface area (Å²) in [5.74, 6) is 2.25. The molecule has 0 bridgehead atoms. The van der Waals surface area contributed by atoms with Crippen LogP contribution in [0.4, 0.5) is 122 Å². The first-order valence-corrected chi connectivity index (χ1v) is 34.3. The number of benzene rings is 4. The number of aromatic nitrogens is 12. The Morgan fingerprint density at radius 2 is 0.800 bits per heavy atom. The minimum Gasteiger partial charge on any atom is -0.399 e. The van der Waals surface area contributed by atoms with Crippen LogP contribution >= 0.6 is 69.6 Å². The zero-order valence-electron chi connectivity index (χ0n) is 59.1. The molecule has 0 amide bonds. The number of alkyl halides is 12. The number of aryl methyl sites for hydroxylation is 1. The van der Waals surface area contributed by atoms with Gasteiger partial charge in [0.2, 0.25) is 0 Å². The number of nitrogens with zero attached hydrogens (tertiary/aromatic N) is 13. The molecular weight excluding hydrogens is 1660 g/mol. The summed E-state index contributed by atoms with van der Waals surface area (Å²) < 4.78 is 166. The Morgan fingerprint density at radius 3 is 1.21 bits per heavy atom. The quantitative estimate of drug-likeness (QED) is 0.0204. The summed E-state index contributed by atoms with van der Waals surface area (Å²) in [4.78, 5) is 44.5. The van der Waals surface area contributed by atoms with Gasteiger partial charge in [-0.3, -0.25) is 19.5 Å².